The maximum Gasteiger partial charge on any atom is 0.224 e. The van der Waals surface area contributed by atoms with E-state index in [1.807, 2.05) is 30.3 Å². The first kappa shape index (κ1) is 11.0. The van der Waals surface area contributed by atoms with Crippen LogP contribution in [0, 0.1) is 0 Å². The minimum absolute atomic E-state index is 0.0109. The number of hydrogen-bond donors (Lipinski definition) is 1. The summed E-state index contributed by atoms with van der Waals surface area (Å²) in [4.78, 5) is 11.3. The minimum atomic E-state index is 0.0109. The van der Waals surface area contributed by atoms with Crippen LogP contribution < -0.4 is 5.32 Å². The van der Waals surface area contributed by atoms with Gasteiger partial charge in [-0.15, -0.1) is 0 Å². The molecule has 74 valence electrons. The van der Waals surface area contributed by atoms with E-state index in [0.29, 0.717) is 13.0 Å². The summed E-state index contributed by atoms with van der Waals surface area (Å²) >= 11 is 3.18. The van der Waals surface area contributed by atoms with E-state index in [0.717, 1.165) is 10.0 Å². The molecule has 0 heterocycles. The van der Waals surface area contributed by atoms with Crippen LogP contribution in [0.1, 0.15) is 5.56 Å². The zero-order chi connectivity index (χ0) is 10.4. The van der Waals surface area contributed by atoms with Gasteiger partial charge in [0.15, 0.2) is 0 Å². The molecule has 3 heteroatoms. The summed E-state index contributed by atoms with van der Waals surface area (Å²) in [6.45, 7) is 4.11. The fraction of sp³-hybridized carbons (Fsp3) is 0.182. The van der Waals surface area contributed by atoms with Crippen LogP contribution in [0.3, 0.4) is 0 Å². The number of halogens is 1. The Labute approximate surface area is 92.1 Å². The Bertz CT molecular complexity index is 321. The number of amides is 1. The van der Waals surface area contributed by atoms with E-state index >= 15 is 0 Å². The molecule has 1 rings (SSSR count). The van der Waals surface area contributed by atoms with Crippen LogP contribution in [0.15, 0.2) is 41.4 Å². The van der Waals surface area contributed by atoms with E-state index in [-0.39, 0.29) is 5.91 Å². The number of carbonyl (C=O) groups excluding carboxylic acids is 1. The van der Waals surface area contributed by atoms with Crippen molar-refractivity contribution in [3.63, 3.8) is 0 Å². The molecule has 0 spiro atoms. The highest BCUT2D eigenvalue weighted by Crippen LogP contribution is 2.00. The van der Waals surface area contributed by atoms with Crippen molar-refractivity contribution in [3.8, 4) is 0 Å². The van der Waals surface area contributed by atoms with Gasteiger partial charge in [0.2, 0.25) is 5.91 Å². The third-order valence-corrected chi connectivity index (χ3v) is 1.97. The summed E-state index contributed by atoms with van der Waals surface area (Å²) in [5.74, 6) is 0.0109. The molecule has 1 amide bonds. The highest BCUT2D eigenvalue weighted by molar-refractivity contribution is 9.11. The molecule has 1 aromatic carbocycles. The van der Waals surface area contributed by atoms with Gasteiger partial charge in [-0.3, -0.25) is 4.79 Å². The number of hydrogen-bond acceptors (Lipinski definition) is 1. The second-order valence-electron chi connectivity index (χ2n) is 2.96. The molecule has 0 unspecified atom stereocenters. The van der Waals surface area contributed by atoms with Crippen LogP contribution in [0.5, 0.6) is 0 Å². The monoisotopic (exact) mass is 253 g/mol. The van der Waals surface area contributed by atoms with Crippen LogP contribution in [-0.2, 0) is 11.2 Å². The lowest BCUT2D eigenvalue weighted by molar-refractivity contribution is -0.120. The van der Waals surface area contributed by atoms with Crippen molar-refractivity contribution < 1.29 is 4.79 Å². The fourth-order valence-electron chi connectivity index (χ4n) is 1.04. The third-order valence-electron chi connectivity index (χ3n) is 1.68. The van der Waals surface area contributed by atoms with Gasteiger partial charge in [0, 0.05) is 11.0 Å². The minimum Gasteiger partial charge on any atom is -0.351 e. The van der Waals surface area contributed by atoms with E-state index in [2.05, 4.69) is 27.8 Å². The molecular formula is C11H12BrNO. The van der Waals surface area contributed by atoms with E-state index in [9.17, 15) is 4.79 Å². The number of carbonyl (C=O) groups is 1. The van der Waals surface area contributed by atoms with E-state index in [4.69, 9.17) is 0 Å². The summed E-state index contributed by atoms with van der Waals surface area (Å²) in [7, 11) is 0. The van der Waals surface area contributed by atoms with E-state index < -0.39 is 0 Å². The quantitative estimate of drug-likeness (QED) is 0.877. The van der Waals surface area contributed by atoms with Crippen molar-refractivity contribution in [2.24, 2.45) is 0 Å². The lowest BCUT2D eigenvalue weighted by Gasteiger charge is -2.03. The largest absolute Gasteiger partial charge is 0.351 e. The molecule has 2 nitrogen and oxygen atoms in total. The molecule has 0 aliphatic rings. The Morgan fingerprint density at radius 3 is 2.57 bits per heavy atom. The van der Waals surface area contributed by atoms with Crippen LogP contribution in [0.25, 0.3) is 0 Å². The van der Waals surface area contributed by atoms with Crippen molar-refractivity contribution in [2.45, 2.75) is 6.42 Å². The average molecular weight is 254 g/mol. The molecule has 0 fully saturated rings. The first-order valence-electron chi connectivity index (χ1n) is 4.32. The van der Waals surface area contributed by atoms with Crippen LogP contribution in [-0.4, -0.2) is 12.5 Å². The van der Waals surface area contributed by atoms with Gasteiger partial charge in [0.1, 0.15) is 0 Å². The van der Waals surface area contributed by atoms with Gasteiger partial charge in [0.25, 0.3) is 0 Å². The molecule has 0 saturated heterocycles. The second-order valence-corrected chi connectivity index (χ2v) is 4.08. The van der Waals surface area contributed by atoms with E-state index in [1.165, 1.54) is 0 Å². The summed E-state index contributed by atoms with van der Waals surface area (Å²) in [5.41, 5.74) is 1.02. The van der Waals surface area contributed by atoms with Gasteiger partial charge in [-0.1, -0.05) is 52.8 Å². The molecule has 0 aromatic heterocycles. The Kier molecular flexibility index (Phi) is 4.40. The predicted molar refractivity (Wildman–Crippen MR) is 61.2 cm³/mol. The maximum atomic E-state index is 11.3. The Balaban J connectivity index is 2.38. The number of rotatable bonds is 4. The normalized spacial score (nSPS) is 9.50. The highest BCUT2D eigenvalue weighted by atomic mass is 79.9. The van der Waals surface area contributed by atoms with Crippen molar-refractivity contribution in [1.82, 2.24) is 5.32 Å². The Morgan fingerprint density at radius 1 is 1.36 bits per heavy atom. The molecule has 0 saturated carbocycles. The summed E-state index contributed by atoms with van der Waals surface area (Å²) in [5, 5.41) is 2.75. The van der Waals surface area contributed by atoms with Gasteiger partial charge in [-0.25, -0.2) is 0 Å². The maximum absolute atomic E-state index is 11.3. The van der Waals surface area contributed by atoms with Crippen LogP contribution in [0.4, 0.5) is 0 Å². The van der Waals surface area contributed by atoms with Crippen molar-refractivity contribution in [3.05, 3.63) is 47.0 Å². The number of nitrogens with one attached hydrogen (secondary N) is 1. The second kappa shape index (κ2) is 5.60. The first-order valence-corrected chi connectivity index (χ1v) is 5.11. The zero-order valence-corrected chi connectivity index (χ0v) is 9.38. The van der Waals surface area contributed by atoms with Crippen molar-refractivity contribution in [1.29, 1.82) is 0 Å². The predicted octanol–water partition coefficient (Wildman–Crippen LogP) is 2.25. The topological polar surface area (TPSA) is 29.1 Å². The van der Waals surface area contributed by atoms with Gasteiger partial charge in [-0.05, 0) is 5.56 Å². The smallest absolute Gasteiger partial charge is 0.224 e. The summed E-state index contributed by atoms with van der Waals surface area (Å²) in [6, 6.07) is 9.64. The molecule has 1 N–H and O–H groups in total. The van der Waals surface area contributed by atoms with Crippen molar-refractivity contribution in [2.75, 3.05) is 6.54 Å². The zero-order valence-electron chi connectivity index (χ0n) is 7.79. The molecule has 0 aliphatic carbocycles. The Morgan fingerprint density at radius 2 is 2.00 bits per heavy atom. The summed E-state index contributed by atoms with van der Waals surface area (Å²) < 4.78 is 0.777. The van der Waals surface area contributed by atoms with Gasteiger partial charge < -0.3 is 5.32 Å². The lowest BCUT2D eigenvalue weighted by Crippen LogP contribution is -2.25. The van der Waals surface area contributed by atoms with E-state index in [1.54, 1.807) is 0 Å². The standard InChI is InChI=1S/C11H12BrNO/c1-9(12)8-13-11(14)7-10-5-3-2-4-6-10/h2-6H,1,7-8H2,(H,13,14). The van der Waals surface area contributed by atoms with Gasteiger partial charge in [-0.2, -0.15) is 0 Å². The Hall–Kier alpha value is -1.09. The molecule has 14 heavy (non-hydrogen) atoms. The highest BCUT2D eigenvalue weighted by Gasteiger charge is 2.01. The molecule has 0 aliphatic heterocycles. The summed E-state index contributed by atoms with van der Waals surface area (Å²) in [6.07, 6.45) is 0.418. The van der Waals surface area contributed by atoms with Crippen LogP contribution >= 0.6 is 15.9 Å². The van der Waals surface area contributed by atoms with Gasteiger partial charge >= 0.3 is 0 Å². The lowest BCUT2D eigenvalue weighted by atomic mass is 10.1. The van der Waals surface area contributed by atoms with Crippen molar-refractivity contribution >= 4 is 21.8 Å². The molecule has 0 atom stereocenters. The fourth-order valence-corrected chi connectivity index (χ4v) is 1.18. The first-order chi connectivity index (χ1) is 6.68. The van der Waals surface area contributed by atoms with Crippen LogP contribution in [0.2, 0.25) is 0 Å². The SMILES string of the molecule is C=C(Br)CNC(=O)Cc1ccccc1. The molecule has 0 bridgehead atoms. The molecular weight excluding hydrogens is 242 g/mol. The molecule has 0 radical (unpaired) electrons. The average Bonchev–Trinajstić information content (AvgIpc) is 2.16. The number of benzene rings is 1. The van der Waals surface area contributed by atoms with Gasteiger partial charge in [0.05, 0.1) is 6.42 Å². The third kappa shape index (κ3) is 4.23. The molecule has 1 aromatic rings.